The lowest BCUT2D eigenvalue weighted by Crippen LogP contribution is -2.34. The molecule has 2 rings (SSSR count). The van der Waals surface area contributed by atoms with Gasteiger partial charge in [-0.05, 0) is 61.2 Å². The number of sulfonamides is 1. The van der Waals surface area contributed by atoms with Crippen molar-refractivity contribution in [3.8, 4) is 0 Å². The summed E-state index contributed by atoms with van der Waals surface area (Å²) in [5.74, 6) is 0. The third kappa shape index (κ3) is 3.65. The van der Waals surface area contributed by atoms with Gasteiger partial charge in [-0.3, -0.25) is 0 Å². The molecule has 0 radical (unpaired) electrons. The molecule has 1 heterocycles. The summed E-state index contributed by atoms with van der Waals surface area (Å²) in [7, 11) is 2.42. The van der Waals surface area contributed by atoms with Gasteiger partial charge in [0, 0.05) is 30.1 Å². The Bertz CT molecular complexity index is 604. The fourth-order valence-corrected chi connectivity index (χ4v) is 5.13. The van der Waals surface area contributed by atoms with Gasteiger partial charge in [-0.15, -0.1) is 0 Å². The monoisotopic (exact) mass is 375 g/mol. The number of rotatable bonds is 5. The van der Waals surface area contributed by atoms with Gasteiger partial charge in [-0.2, -0.15) is 4.31 Å². The Morgan fingerprint density at radius 1 is 1.43 bits per heavy atom. The van der Waals surface area contributed by atoms with E-state index in [1.54, 1.807) is 10.4 Å². The first-order valence-corrected chi connectivity index (χ1v) is 9.19. The predicted molar refractivity (Wildman–Crippen MR) is 87.8 cm³/mol. The second kappa shape index (κ2) is 6.75. The van der Waals surface area contributed by atoms with Gasteiger partial charge in [-0.1, -0.05) is 6.07 Å². The molecular weight excluding hydrogens is 354 g/mol. The molecular formula is C14H22BrN3O2S. The molecule has 1 saturated heterocycles. The molecule has 1 N–H and O–H groups in total. The highest BCUT2D eigenvalue weighted by molar-refractivity contribution is 9.10. The van der Waals surface area contributed by atoms with Gasteiger partial charge in [0.25, 0.3) is 0 Å². The largest absolute Gasteiger partial charge is 0.316 e. The van der Waals surface area contributed by atoms with Crippen molar-refractivity contribution in [2.45, 2.75) is 23.9 Å². The van der Waals surface area contributed by atoms with Crippen LogP contribution in [0.5, 0.6) is 0 Å². The smallest absolute Gasteiger partial charge is 0.244 e. The molecule has 0 aromatic heterocycles. The van der Waals surface area contributed by atoms with Gasteiger partial charge < -0.3 is 10.2 Å². The van der Waals surface area contributed by atoms with Crippen molar-refractivity contribution in [2.75, 3.05) is 34.2 Å². The molecule has 0 bridgehead atoms. The third-order valence-electron chi connectivity index (χ3n) is 3.85. The first-order chi connectivity index (χ1) is 9.86. The van der Waals surface area contributed by atoms with Crippen LogP contribution in [-0.4, -0.2) is 57.9 Å². The zero-order valence-corrected chi connectivity index (χ0v) is 15.0. The van der Waals surface area contributed by atoms with Crippen molar-refractivity contribution in [3.05, 3.63) is 28.2 Å². The van der Waals surface area contributed by atoms with Crippen molar-refractivity contribution in [1.29, 1.82) is 0 Å². The maximum absolute atomic E-state index is 12.8. The number of halogens is 1. The average Bonchev–Trinajstić information content (AvgIpc) is 2.89. The molecule has 1 aromatic carbocycles. The minimum absolute atomic E-state index is 0.294. The van der Waals surface area contributed by atoms with Crippen molar-refractivity contribution >= 4 is 26.0 Å². The number of nitrogens with zero attached hydrogens (tertiary/aromatic N) is 2. The number of hydrogen-bond acceptors (Lipinski definition) is 4. The summed E-state index contributed by atoms with van der Waals surface area (Å²) in [6, 6.07) is 5.70. The fraction of sp³-hybridized carbons (Fsp3) is 0.571. The first kappa shape index (κ1) is 16.9. The highest BCUT2D eigenvalue weighted by atomic mass is 79.9. The van der Waals surface area contributed by atoms with Crippen LogP contribution in [-0.2, 0) is 16.6 Å². The highest BCUT2D eigenvalue weighted by Crippen LogP contribution is 2.29. The number of likely N-dealkylation sites (N-methyl/N-ethyl adjacent to an activating group) is 1. The zero-order valence-electron chi connectivity index (χ0n) is 12.6. The summed E-state index contributed by atoms with van der Waals surface area (Å²) in [4.78, 5) is 2.43. The number of benzene rings is 1. The van der Waals surface area contributed by atoms with Crippen LogP contribution >= 0.6 is 15.9 Å². The normalized spacial score (nSPS) is 20.3. The fourth-order valence-electron chi connectivity index (χ4n) is 2.56. The zero-order chi connectivity index (χ0) is 15.6. The van der Waals surface area contributed by atoms with Crippen LogP contribution < -0.4 is 5.32 Å². The van der Waals surface area contributed by atoms with E-state index in [1.165, 1.54) is 0 Å². The van der Waals surface area contributed by atoms with Crippen LogP contribution in [0, 0.1) is 0 Å². The second-order valence-electron chi connectivity index (χ2n) is 5.56. The van der Waals surface area contributed by atoms with Gasteiger partial charge in [0.1, 0.15) is 0 Å². The van der Waals surface area contributed by atoms with Crippen molar-refractivity contribution in [3.63, 3.8) is 0 Å². The highest BCUT2D eigenvalue weighted by Gasteiger charge is 2.34. The molecule has 1 atom stereocenters. The van der Waals surface area contributed by atoms with E-state index in [0.29, 0.717) is 35.0 Å². The Balaban J connectivity index is 2.24. The maximum Gasteiger partial charge on any atom is 0.244 e. The molecule has 5 nitrogen and oxygen atoms in total. The standard InChI is InChI=1S/C14H22BrN3O2S/c1-16-9-11-4-5-14(13(15)8-11)21(19,20)18-7-6-12(10-18)17(2)3/h4-5,8,12,16H,6-7,9-10H2,1-3H3. The van der Waals surface area contributed by atoms with E-state index >= 15 is 0 Å². The van der Waals surface area contributed by atoms with E-state index in [4.69, 9.17) is 0 Å². The van der Waals surface area contributed by atoms with E-state index in [0.717, 1.165) is 12.0 Å². The molecule has 1 aliphatic heterocycles. The molecule has 0 amide bonds. The second-order valence-corrected chi connectivity index (χ2v) is 8.32. The lowest BCUT2D eigenvalue weighted by Gasteiger charge is -2.21. The molecule has 0 saturated carbocycles. The lowest BCUT2D eigenvalue weighted by atomic mass is 10.2. The molecule has 7 heteroatoms. The van der Waals surface area contributed by atoms with Crippen LogP contribution in [0.25, 0.3) is 0 Å². The first-order valence-electron chi connectivity index (χ1n) is 6.96. The summed E-state index contributed by atoms with van der Waals surface area (Å²) in [5.41, 5.74) is 1.05. The van der Waals surface area contributed by atoms with Gasteiger partial charge in [0.15, 0.2) is 0 Å². The molecule has 0 spiro atoms. The van der Waals surface area contributed by atoms with Crippen LogP contribution in [0.1, 0.15) is 12.0 Å². The topological polar surface area (TPSA) is 52.7 Å². The third-order valence-corrected chi connectivity index (χ3v) is 6.69. The van der Waals surface area contributed by atoms with E-state index < -0.39 is 10.0 Å². The average molecular weight is 376 g/mol. The van der Waals surface area contributed by atoms with Crippen LogP contribution in [0.3, 0.4) is 0 Å². The molecule has 0 aliphatic carbocycles. The number of hydrogen-bond donors (Lipinski definition) is 1. The van der Waals surface area contributed by atoms with E-state index in [-0.39, 0.29) is 0 Å². The van der Waals surface area contributed by atoms with Crippen LogP contribution in [0.4, 0.5) is 0 Å². The van der Waals surface area contributed by atoms with Crippen LogP contribution in [0.15, 0.2) is 27.6 Å². The van der Waals surface area contributed by atoms with Crippen molar-refractivity contribution in [1.82, 2.24) is 14.5 Å². The summed E-state index contributed by atoms with van der Waals surface area (Å²) in [6.07, 6.45) is 0.877. The summed E-state index contributed by atoms with van der Waals surface area (Å²) < 4.78 is 27.7. The summed E-state index contributed by atoms with van der Waals surface area (Å²) in [5, 5.41) is 3.06. The Kier molecular flexibility index (Phi) is 5.43. The van der Waals surface area contributed by atoms with Crippen LogP contribution in [0.2, 0.25) is 0 Å². The quantitative estimate of drug-likeness (QED) is 0.846. The Hall–Kier alpha value is -0.470. The van der Waals surface area contributed by atoms with Gasteiger partial charge in [0.05, 0.1) is 4.90 Å². The molecule has 1 unspecified atom stereocenters. The Morgan fingerprint density at radius 2 is 2.14 bits per heavy atom. The predicted octanol–water partition coefficient (Wildman–Crippen LogP) is 1.49. The molecule has 118 valence electrons. The SMILES string of the molecule is CNCc1ccc(S(=O)(=O)N2CCC(N(C)C)C2)c(Br)c1. The van der Waals surface area contributed by atoms with Crippen molar-refractivity contribution < 1.29 is 8.42 Å². The van der Waals surface area contributed by atoms with E-state index in [9.17, 15) is 8.42 Å². The Labute approximate surface area is 135 Å². The molecule has 1 aromatic rings. The lowest BCUT2D eigenvalue weighted by molar-refractivity contribution is 0.302. The van der Waals surface area contributed by atoms with E-state index in [1.807, 2.05) is 33.3 Å². The number of nitrogens with one attached hydrogen (secondary N) is 1. The van der Waals surface area contributed by atoms with Gasteiger partial charge in [0.2, 0.25) is 10.0 Å². The van der Waals surface area contributed by atoms with E-state index in [2.05, 4.69) is 26.1 Å². The molecule has 1 aliphatic rings. The molecule has 1 fully saturated rings. The minimum Gasteiger partial charge on any atom is -0.316 e. The summed E-state index contributed by atoms with van der Waals surface area (Å²) in [6.45, 7) is 1.85. The summed E-state index contributed by atoms with van der Waals surface area (Å²) >= 11 is 3.40. The van der Waals surface area contributed by atoms with Gasteiger partial charge >= 0.3 is 0 Å². The maximum atomic E-state index is 12.8. The van der Waals surface area contributed by atoms with Crippen molar-refractivity contribution in [2.24, 2.45) is 0 Å². The molecule has 21 heavy (non-hydrogen) atoms. The minimum atomic E-state index is -3.43. The van der Waals surface area contributed by atoms with Gasteiger partial charge in [-0.25, -0.2) is 8.42 Å². The Morgan fingerprint density at radius 3 is 2.67 bits per heavy atom.